The van der Waals surface area contributed by atoms with Gasteiger partial charge in [-0.25, -0.2) is 0 Å². The zero-order chi connectivity index (χ0) is 22.4. The van der Waals surface area contributed by atoms with Crippen molar-refractivity contribution in [3.8, 4) is 11.5 Å². The number of aromatic nitrogens is 1. The van der Waals surface area contributed by atoms with Gasteiger partial charge in [-0.2, -0.15) is 0 Å². The minimum atomic E-state index is 0.339. The SMILES string of the molecule is COc1ccc([C@H]2c3c4c(n(C)c3CC[NH+]2C)CC[NH+](C)[C@H]4c2ccc(OC)cc2)cc1. The molecule has 0 spiro atoms. The summed E-state index contributed by atoms with van der Waals surface area (Å²) in [4.78, 5) is 3.13. The molecule has 5 heteroatoms. The van der Waals surface area contributed by atoms with E-state index in [1.165, 1.54) is 22.5 Å². The predicted molar refractivity (Wildman–Crippen MR) is 126 cm³/mol. The van der Waals surface area contributed by atoms with Crippen LogP contribution < -0.4 is 19.3 Å². The smallest absolute Gasteiger partial charge is 0.141 e. The summed E-state index contributed by atoms with van der Waals surface area (Å²) in [7, 11) is 10.4. The molecule has 3 heterocycles. The van der Waals surface area contributed by atoms with Crippen molar-refractivity contribution in [3.05, 3.63) is 82.2 Å². The lowest BCUT2D eigenvalue weighted by Crippen LogP contribution is -3.11. The van der Waals surface area contributed by atoms with Crippen molar-refractivity contribution in [2.75, 3.05) is 41.4 Å². The molecule has 2 N–H and O–H groups in total. The monoisotopic (exact) mass is 433 g/mol. The van der Waals surface area contributed by atoms with Crippen molar-refractivity contribution >= 4 is 0 Å². The maximum Gasteiger partial charge on any atom is 0.141 e. The highest BCUT2D eigenvalue weighted by atomic mass is 16.5. The van der Waals surface area contributed by atoms with Gasteiger partial charge < -0.3 is 23.8 Å². The minimum Gasteiger partial charge on any atom is -0.497 e. The van der Waals surface area contributed by atoms with Crippen LogP contribution >= 0.6 is 0 Å². The van der Waals surface area contributed by atoms with Crippen LogP contribution in [-0.4, -0.2) is 46.0 Å². The number of methoxy groups -OCH3 is 2. The molecule has 5 rings (SSSR count). The molecule has 5 nitrogen and oxygen atoms in total. The number of benzene rings is 2. The number of ether oxygens (including phenoxy) is 2. The van der Waals surface area contributed by atoms with Gasteiger partial charge in [0.25, 0.3) is 0 Å². The van der Waals surface area contributed by atoms with Crippen molar-refractivity contribution < 1.29 is 19.3 Å². The van der Waals surface area contributed by atoms with Crippen LogP contribution in [-0.2, 0) is 19.9 Å². The molecule has 32 heavy (non-hydrogen) atoms. The number of nitrogens with zero attached hydrogens (tertiary/aromatic N) is 1. The van der Waals surface area contributed by atoms with Crippen LogP contribution in [0.1, 0.15) is 45.7 Å². The van der Waals surface area contributed by atoms with Crippen molar-refractivity contribution in [2.24, 2.45) is 7.05 Å². The Hall–Kier alpha value is -2.76. The Bertz CT molecular complexity index is 1010. The molecule has 0 radical (unpaired) electrons. The van der Waals surface area contributed by atoms with E-state index in [9.17, 15) is 0 Å². The zero-order valence-corrected chi connectivity index (χ0v) is 19.9. The Kier molecular flexibility index (Phi) is 5.48. The van der Waals surface area contributed by atoms with Gasteiger partial charge in [0.05, 0.1) is 41.4 Å². The summed E-state index contributed by atoms with van der Waals surface area (Å²) in [5.41, 5.74) is 8.89. The predicted octanol–water partition coefficient (Wildman–Crippen LogP) is 1.36. The summed E-state index contributed by atoms with van der Waals surface area (Å²) in [6.45, 7) is 2.30. The number of likely N-dealkylation sites (N-methyl/N-ethyl adjacent to an activating group) is 2. The molecular formula is C27H35N3O2+2. The van der Waals surface area contributed by atoms with Gasteiger partial charge in [-0.05, 0) is 48.5 Å². The van der Waals surface area contributed by atoms with Gasteiger partial charge in [-0.15, -0.1) is 0 Å². The average molecular weight is 434 g/mol. The second-order valence-electron chi connectivity index (χ2n) is 9.38. The van der Waals surface area contributed by atoms with E-state index < -0.39 is 0 Å². The topological polar surface area (TPSA) is 32.3 Å². The molecule has 2 aromatic carbocycles. The van der Waals surface area contributed by atoms with E-state index in [0.717, 1.165) is 37.4 Å². The van der Waals surface area contributed by atoms with Crippen LogP contribution in [0.2, 0.25) is 0 Å². The quantitative estimate of drug-likeness (QED) is 0.651. The first kappa shape index (κ1) is 21.1. The van der Waals surface area contributed by atoms with Crippen LogP contribution in [0.25, 0.3) is 0 Å². The first-order valence-corrected chi connectivity index (χ1v) is 11.7. The van der Waals surface area contributed by atoms with E-state index in [-0.39, 0.29) is 0 Å². The second-order valence-corrected chi connectivity index (χ2v) is 9.38. The van der Waals surface area contributed by atoms with Crippen molar-refractivity contribution in [1.29, 1.82) is 0 Å². The minimum absolute atomic E-state index is 0.339. The highest BCUT2D eigenvalue weighted by Crippen LogP contribution is 2.39. The van der Waals surface area contributed by atoms with Gasteiger partial charge in [0.1, 0.15) is 23.6 Å². The molecule has 0 aliphatic carbocycles. The molecule has 168 valence electrons. The highest BCUT2D eigenvalue weighted by molar-refractivity contribution is 5.50. The lowest BCUT2D eigenvalue weighted by Gasteiger charge is -2.35. The molecule has 0 amide bonds. The Labute approximate surface area is 191 Å². The van der Waals surface area contributed by atoms with Crippen LogP contribution in [0.3, 0.4) is 0 Å². The zero-order valence-electron chi connectivity index (χ0n) is 19.9. The third-order valence-corrected chi connectivity index (χ3v) is 7.70. The first-order chi connectivity index (χ1) is 15.5. The van der Waals surface area contributed by atoms with Gasteiger partial charge in [0.2, 0.25) is 0 Å². The number of hydrogen-bond donors (Lipinski definition) is 2. The van der Waals surface area contributed by atoms with Crippen LogP contribution in [0.5, 0.6) is 11.5 Å². The van der Waals surface area contributed by atoms with Crippen LogP contribution in [0.4, 0.5) is 0 Å². The Morgan fingerprint density at radius 2 is 1.06 bits per heavy atom. The van der Waals surface area contributed by atoms with E-state index >= 15 is 0 Å². The summed E-state index contributed by atoms with van der Waals surface area (Å²) in [6.07, 6.45) is 2.26. The molecule has 3 aromatic rings. The number of quaternary nitrogens is 2. The Morgan fingerprint density at radius 1 is 0.688 bits per heavy atom. The molecular weight excluding hydrogens is 398 g/mol. The second kappa shape index (κ2) is 8.30. The summed E-state index contributed by atoms with van der Waals surface area (Å²) < 4.78 is 13.4. The van der Waals surface area contributed by atoms with Crippen molar-refractivity contribution in [3.63, 3.8) is 0 Å². The number of hydrogen-bond acceptors (Lipinski definition) is 2. The number of rotatable bonds is 4. The average Bonchev–Trinajstić information content (AvgIpc) is 3.11. The Morgan fingerprint density at radius 3 is 1.41 bits per heavy atom. The van der Waals surface area contributed by atoms with Gasteiger partial charge in [-0.3, -0.25) is 0 Å². The largest absolute Gasteiger partial charge is 0.497 e. The summed E-state index contributed by atoms with van der Waals surface area (Å²) in [6, 6.07) is 18.1. The van der Waals surface area contributed by atoms with E-state index in [1.54, 1.807) is 35.1 Å². The third-order valence-electron chi connectivity index (χ3n) is 7.70. The van der Waals surface area contributed by atoms with E-state index in [2.05, 4.69) is 74.2 Å². The van der Waals surface area contributed by atoms with Crippen LogP contribution in [0, 0.1) is 0 Å². The fraction of sp³-hybridized carbons (Fsp3) is 0.407. The van der Waals surface area contributed by atoms with Crippen molar-refractivity contribution in [2.45, 2.75) is 24.9 Å². The maximum atomic E-state index is 5.43. The molecule has 0 saturated heterocycles. The molecule has 0 saturated carbocycles. The number of fused-ring (bicyclic) bond motifs is 3. The standard InChI is InChI=1S/C27H33N3O2/c1-28-16-14-22-24(26(28)18-6-10-20(31-4)11-7-18)25-23(30(22)3)15-17-29(2)27(25)19-8-12-21(32-5)13-9-19/h6-13,26-27H,14-17H2,1-5H3/p+2/t26-,27-/m0/s1. The van der Waals surface area contributed by atoms with Gasteiger partial charge >= 0.3 is 0 Å². The van der Waals surface area contributed by atoms with E-state index in [0.29, 0.717) is 12.1 Å². The molecule has 2 unspecified atom stereocenters. The fourth-order valence-corrected chi connectivity index (χ4v) is 5.99. The van der Waals surface area contributed by atoms with Gasteiger partial charge in [-0.1, -0.05) is 0 Å². The Balaban J connectivity index is 1.69. The molecule has 1 aromatic heterocycles. The normalized spacial score (nSPS) is 24.5. The van der Waals surface area contributed by atoms with Crippen molar-refractivity contribution in [1.82, 2.24) is 4.57 Å². The maximum absolute atomic E-state index is 5.43. The lowest BCUT2D eigenvalue weighted by atomic mass is 9.83. The van der Waals surface area contributed by atoms with Gasteiger partial charge in [0.15, 0.2) is 0 Å². The molecule has 2 aliphatic heterocycles. The van der Waals surface area contributed by atoms with Gasteiger partial charge in [0, 0.05) is 53.5 Å². The summed E-state index contributed by atoms with van der Waals surface area (Å²) in [5.74, 6) is 1.83. The first-order valence-electron chi connectivity index (χ1n) is 11.7. The highest BCUT2D eigenvalue weighted by Gasteiger charge is 2.43. The molecule has 0 fully saturated rings. The number of nitrogens with one attached hydrogen (secondary N) is 2. The fourth-order valence-electron chi connectivity index (χ4n) is 5.99. The summed E-state index contributed by atoms with van der Waals surface area (Å²) >= 11 is 0. The molecule has 0 bridgehead atoms. The lowest BCUT2D eigenvalue weighted by molar-refractivity contribution is -0.912. The molecule has 4 atom stereocenters. The van der Waals surface area contributed by atoms with E-state index in [1.807, 2.05) is 0 Å². The molecule has 2 aliphatic rings. The van der Waals surface area contributed by atoms with Crippen LogP contribution in [0.15, 0.2) is 48.5 Å². The summed E-state index contributed by atoms with van der Waals surface area (Å²) in [5, 5.41) is 0. The van der Waals surface area contributed by atoms with E-state index in [4.69, 9.17) is 9.47 Å². The third kappa shape index (κ3) is 3.31.